The average molecular weight is 325 g/mol. The van der Waals surface area contributed by atoms with Crippen LogP contribution in [0.1, 0.15) is 50.2 Å². The normalized spacial score (nSPS) is 17.8. The zero-order chi connectivity index (χ0) is 16.1. The number of rotatable bonds is 5. The molecule has 2 amide bonds. The molecule has 1 aliphatic rings. The molecule has 124 valence electrons. The monoisotopic (exact) mass is 325 g/mol. The van der Waals surface area contributed by atoms with Gasteiger partial charge in [-0.1, -0.05) is 13.8 Å². The van der Waals surface area contributed by atoms with Gasteiger partial charge in [-0.25, -0.2) is 9.78 Å². The van der Waals surface area contributed by atoms with E-state index < -0.39 is 0 Å². The number of aromatic nitrogens is 1. The van der Waals surface area contributed by atoms with Crippen LogP contribution in [0.25, 0.3) is 0 Å². The van der Waals surface area contributed by atoms with Crippen LogP contribution in [-0.2, 0) is 6.42 Å². The van der Waals surface area contributed by atoms with Gasteiger partial charge in [-0.05, 0) is 25.7 Å². The third-order valence-corrected chi connectivity index (χ3v) is 5.42. The summed E-state index contributed by atoms with van der Waals surface area (Å²) in [5.74, 6) is 0.789. The summed E-state index contributed by atoms with van der Waals surface area (Å²) in [6, 6.07) is 0.00311. The molecule has 1 aliphatic heterocycles. The fraction of sp³-hybridized carbons (Fsp3) is 0.750. The summed E-state index contributed by atoms with van der Waals surface area (Å²) in [5.41, 5.74) is 1.06. The van der Waals surface area contributed by atoms with Crippen molar-refractivity contribution in [3.63, 3.8) is 0 Å². The Morgan fingerprint density at radius 2 is 2.14 bits per heavy atom. The molecule has 0 aliphatic carbocycles. The van der Waals surface area contributed by atoms with Crippen molar-refractivity contribution in [1.82, 2.24) is 15.2 Å². The van der Waals surface area contributed by atoms with Gasteiger partial charge in [-0.15, -0.1) is 11.3 Å². The molecule has 0 spiro atoms. The second kappa shape index (κ2) is 7.92. The Kier molecular flexibility index (Phi) is 6.20. The van der Waals surface area contributed by atoms with E-state index in [2.05, 4.69) is 29.5 Å². The summed E-state index contributed by atoms with van der Waals surface area (Å²) in [7, 11) is 0. The zero-order valence-electron chi connectivity index (χ0n) is 13.7. The SMILES string of the molecule is CC(C)c1nc(CCNC(=O)N2CCC(C(C)O)CC2)cs1. The molecule has 0 radical (unpaired) electrons. The fourth-order valence-corrected chi connectivity index (χ4v) is 3.57. The Morgan fingerprint density at radius 3 is 2.68 bits per heavy atom. The molecule has 1 atom stereocenters. The molecule has 1 aromatic heterocycles. The Morgan fingerprint density at radius 1 is 1.45 bits per heavy atom. The van der Waals surface area contributed by atoms with Crippen molar-refractivity contribution in [3.8, 4) is 0 Å². The van der Waals surface area contributed by atoms with Gasteiger partial charge < -0.3 is 15.3 Å². The first-order valence-electron chi connectivity index (χ1n) is 8.12. The smallest absolute Gasteiger partial charge is 0.317 e. The van der Waals surface area contributed by atoms with E-state index in [-0.39, 0.29) is 12.1 Å². The fourth-order valence-electron chi connectivity index (χ4n) is 2.70. The van der Waals surface area contributed by atoms with Crippen LogP contribution in [0.3, 0.4) is 0 Å². The third-order valence-electron chi connectivity index (χ3n) is 4.23. The van der Waals surface area contributed by atoms with Crippen LogP contribution in [-0.4, -0.2) is 46.8 Å². The first kappa shape index (κ1) is 17.2. The Balaban J connectivity index is 1.69. The topological polar surface area (TPSA) is 65.5 Å². The van der Waals surface area contributed by atoms with Gasteiger partial charge in [0.15, 0.2) is 0 Å². The third kappa shape index (κ3) is 4.68. The lowest BCUT2D eigenvalue weighted by molar-refractivity contribution is 0.0799. The highest BCUT2D eigenvalue weighted by Gasteiger charge is 2.25. The van der Waals surface area contributed by atoms with E-state index in [4.69, 9.17) is 0 Å². The number of amides is 2. The molecule has 1 fully saturated rings. The number of thiazole rings is 1. The quantitative estimate of drug-likeness (QED) is 0.874. The van der Waals surface area contributed by atoms with Gasteiger partial charge in [0.1, 0.15) is 0 Å². The largest absolute Gasteiger partial charge is 0.393 e. The van der Waals surface area contributed by atoms with Crippen molar-refractivity contribution in [3.05, 3.63) is 16.1 Å². The summed E-state index contributed by atoms with van der Waals surface area (Å²) in [5, 5.41) is 15.8. The van der Waals surface area contributed by atoms with Gasteiger partial charge in [-0.3, -0.25) is 0 Å². The van der Waals surface area contributed by atoms with Crippen LogP contribution in [0.5, 0.6) is 0 Å². The number of hydrogen-bond donors (Lipinski definition) is 2. The maximum absolute atomic E-state index is 12.1. The minimum absolute atomic E-state index is 0.00311. The summed E-state index contributed by atoms with van der Waals surface area (Å²) in [4.78, 5) is 18.5. The number of carbonyl (C=O) groups excluding carboxylic acids is 1. The highest BCUT2D eigenvalue weighted by Crippen LogP contribution is 2.21. The van der Waals surface area contributed by atoms with E-state index in [1.807, 2.05) is 11.8 Å². The molecular weight excluding hydrogens is 298 g/mol. The van der Waals surface area contributed by atoms with Crippen molar-refractivity contribution in [1.29, 1.82) is 0 Å². The molecule has 1 unspecified atom stereocenters. The first-order chi connectivity index (χ1) is 10.5. The van der Waals surface area contributed by atoms with Crippen molar-refractivity contribution >= 4 is 17.4 Å². The van der Waals surface area contributed by atoms with Crippen LogP contribution >= 0.6 is 11.3 Å². The molecule has 1 saturated heterocycles. The van der Waals surface area contributed by atoms with Crippen molar-refractivity contribution in [2.45, 2.75) is 52.1 Å². The van der Waals surface area contributed by atoms with Crippen LogP contribution in [0.15, 0.2) is 5.38 Å². The number of hydrogen-bond acceptors (Lipinski definition) is 4. The second-order valence-electron chi connectivity index (χ2n) is 6.38. The number of aliphatic hydroxyl groups is 1. The lowest BCUT2D eigenvalue weighted by Gasteiger charge is -2.33. The molecular formula is C16H27N3O2S. The van der Waals surface area contributed by atoms with Crippen LogP contribution in [0.2, 0.25) is 0 Å². The molecule has 1 aromatic rings. The van der Waals surface area contributed by atoms with E-state index in [1.165, 1.54) is 0 Å². The summed E-state index contributed by atoms with van der Waals surface area (Å²) in [6.07, 6.45) is 2.27. The van der Waals surface area contributed by atoms with Crippen molar-refractivity contribution < 1.29 is 9.90 Å². The van der Waals surface area contributed by atoms with Gasteiger partial charge >= 0.3 is 6.03 Å². The Labute approximate surface area is 136 Å². The van der Waals surface area contributed by atoms with E-state index in [0.717, 1.165) is 43.1 Å². The molecule has 0 bridgehead atoms. The lowest BCUT2D eigenvalue weighted by Crippen LogP contribution is -2.46. The van der Waals surface area contributed by atoms with Crippen molar-refractivity contribution in [2.75, 3.05) is 19.6 Å². The molecule has 2 heterocycles. The number of carbonyl (C=O) groups is 1. The summed E-state index contributed by atoms with van der Waals surface area (Å²) in [6.45, 7) is 8.20. The van der Waals surface area contributed by atoms with E-state index in [1.54, 1.807) is 11.3 Å². The standard InChI is InChI=1S/C16H27N3O2S/c1-11(2)15-18-14(10-22-15)4-7-17-16(21)19-8-5-13(6-9-19)12(3)20/h10-13,20H,4-9H2,1-3H3,(H,17,21). The van der Waals surface area contributed by atoms with Crippen LogP contribution in [0.4, 0.5) is 4.79 Å². The van der Waals surface area contributed by atoms with Gasteiger partial charge in [-0.2, -0.15) is 0 Å². The molecule has 0 aromatic carbocycles. The van der Waals surface area contributed by atoms with Gasteiger partial charge in [0.2, 0.25) is 0 Å². The number of aliphatic hydroxyl groups excluding tert-OH is 1. The van der Waals surface area contributed by atoms with Crippen LogP contribution in [0, 0.1) is 5.92 Å². The predicted octanol–water partition coefficient (Wildman–Crippen LogP) is 2.61. The van der Waals surface area contributed by atoms with Gasteiger partial charge in [0.05, 0.1) is 16.8 Å². The highest BCUT2D eigenvalue weighted by atomic mass is 32.1. The number of likely N-dealkylation sites (tertiary alicyclic amines) is 1. The lowest BCUT2D eigenvalue weighted by atomic mass is 9.92. The number of nitrogens with one attached hydrogen (secondary N) is 1. The van der Waals surface area contributed by atoms with Crippen LogP contribution < -0.4 is 5.32 Å². The summed E-state index contributed by atoms with van der Waals surface area (Å²) < 4.78 is 0. The Bertz CT molecular complexity index is 479. The van der Waals surface area contributed by atoms with E-state index >= 15 is 0 Å². The molecule has 22 heavy (non-hydrogen) atoms. The second-order valence-corrected chi connectivity index (χ2v) is 7.27. The number of nitrogens with zero attached hydrogens (tertiary/aromatic N) is 2. The van der Waals surface area contributed by atoms with E-state index in [9.17, 15) is 9.90 Å². The predicted molar refractivity (Wildman–Crippen MR) is 89.3 cm³/mol. The molecule has 2 rings (SSSR count). The van der Waals surface area contributed by atoms with E-state index in [0.29, 0.717) is 18.4 Å². The first-order valence-corrected chi connectivity index (χ1v) is 9.00. The molecule has 5 nitrogen and oxygen atoms in total. The molecule has 2 N–H and O–H groups in total. The number of urea groups is 1. The van der Waals surface area contributed by atoms with Gasteiger partial charge in [0.25, 0.3) is 0 Å². The summed E-state index contributed by atoms with van der Waals surface area (Å²) >= 11 is 1.69. The minimum Gasteiger partial charge on any atom is -0.393 e. The average Bonchev–Trinajstić information content (AvgIpc) is 2.96. The zero-order valence-corrected chi connectivity index (χ0v) is 14.5. The molecule has 0 saturated carbocycles. The molecule has 6 heteroatoms. The Hall–Kier alpha value is -1.14. The van der Waals surface area contributed by atoms with Crippen molar-refractivity contribution in [2.24, 2.45) is 5.92 Å². The number of piperidine rings is 1. The maximum Gasteiger partial charge on any atom is 0.317 e. The van der Waals surface area contributed by atoms with Gasteiger partial charge in [0, 0.05) is 37.4 Å². The maximum atomic E-state index is 12.1. The minimum atomic E-state index is -0.273. The highest BCUT2D eigenvalue weighted by molar-refractivity contribution is 7.09.